The second kappa shape index (κ2) is 8.80. The topological polar surface area (TPSA) is 43.7 Å². The fourth-order valence-corrected chi connectivity index (χ4v) is 3.69. The monoisotopic (exact) mass is 368 g/mol. The normalized spacial score (nSPS) is 17.7. The maximum atomic E-state index is 13.0. The number of ether oxygens (including phenoxy) is 2. The molecule has 1 amide bonds. The van der Waals surface area contributed by atoms with E-state index in [2.05, 4.69) is 10.6 Å². The van der Waals surface area contributed by atoms with E-state index in [1.807, 2.05) is 48.5 Å². The summed E-state index contributed by atoms with van der Waals surface area (Å²) in [6.07, 6.45) is 9.91. The minimum atomic E-state index is 0.0462. The quantitative estimate of drug-likeness (QED) is 0.743. The number of aryl methyl sites for hydroxylation is 1. The summed E-state index contributed by atoms with van der Waals surface area (Å²) in [7, 11) is 5.28. The van der Waals surface area contributed by atoms with Gasteiger partial charge in [-0.1, -0.05) is 12.8 Å². The summed E-state index contributed by atoms with van der Waals surface area (Å²) in [4.78, 5) is 15.0. The van der Waals surface area contributed by atoms with Gasteiger partial charge >= 0.3 is 0 Å². The highest BCUT2D eigenvalue weighted by Crippen LogP contribution is 2.30. The molecule has 27 heavy (non-hydrogen) atoms. The van der Waals surface area contributed by atoms with Crippen molar-refractivity contribution in [2.24, 2.45) is 7.05 Å². The summed E-state index contributed by atoms with van der Waals surface area (Å²) in [6, 6.07) is 9.89. The third-order valence-corrected chi connectivity index (χ3v) is 5.15. The molecule has 5 heteroatoms. The number of rotatable bonds is 5. The Morgan fingerprint density at radius 3 is 2.48 bits per heavy atom. The van der Waals surface area contributed by atoms with Crippen LogP contribution in [-0.2, 0) is 11.8 Å². The molecule has 1 aromatic carbocycles. The van der Waals surface area contributed by atoms with E-state index in [-0.39, 0.29) is 11.9 Å². The molecule has 3 rings (SSSR count). The zero-order valence-corrected chi connectivity index (χ0v) is 16.4. The van der Waals surface area contributed by atoms with E-state index in [0.29, 0.717) is 11.5 Å². The summed E-state index contributed by atoms with van der Waals surface area (Å²) in [5.41, 5.74) is 2.08. The van der Waals surface area contributed by atoms with Gasteiger partial charge in [0.15, 0.2) is 0 Å². The standard InChI is InChI=1S/C22H28N2O3/c1-23-12-7-9-20(23)21-8-5-4-6-13-24(21)22(25)11-10-17-14-18(26-2)16-19(15-17)27-3/h7,9-12,14-16,21H,4-6,8,13H2,1-3H3/b11-10+. The maximum absolute atomic E-state index is 13.0. The molecule has 0 N–H and O–H groups in total. The van der Waals surface area contributed by atoms with Crippen LogP contribution in [0.25, 0.3) is 6.08 Å². The number of aromatic nitrogens is 1. The van der Waals surface area contributed by atoms with Crippen molar-refractivity contribution in [2.45, 2.75) is 31.7 Å². The summed E-state index contributed by atoms with van der Waals surface area (Å²) >= 11 is 0. The average Bonchev–Trinajstić information content (AvgIpc) is 2.97. The first-order valence-corrected chi connectivity index (χ1v) is 9.45. The third-order valence-electron chi connectivity index (χ3n) is 5.15. The molecule has 1 aliphatic rings. The van der Waals surface area contributed by atoms with Gasteiger partial charge in [0, 0.05) is 37.6 Å². The lowest BCUT2D eigenvalue weighted by atomic mass is 10.1. The Labute approximate surface area is 161 Å². The molecular formula is C22H28N2O3. The second-order valence-corrected chi connectivity index (χ2v) is 6.92. The van der Waals surface area contributed by atoms with Crippen LogP contribution in [0.3, 0.4) is 0 Å². The Balaban J connectivity index is 1.82. The van der Waals surface area contributed by atoms with E-state index in [9.17, 15) is 4.79 Å². The first-order chi connectivity index (χ1) is 13.1. The molecule has 1 saturated heterocycles. The highest BCUT2D eigenvalue weighted by molar-refractivity contribution is 5.92. The van der Waals surface area contributed by atoms with Crippen LogP contribution < -0.4 is 9.47 Å². The van der Waals surface area contributed by atoms with Crippen LogP contribution in [0.15, 0.2) is 42.6 Å². The van der Waals surface area contributed by atoms with Crippen LogP contribution in [0.5, 0.6) is 11.5 Å². The zero-order chi connectivity index (χ0) is 19.2. The summed E-state index contributed by atoms with van der Waals surface area (Å²) in [5, 5.41) is 0. The maximum Gasteiger partial charge on any atom is 0.247 e. The molecule has 1 atom stereocenters. The number of hydrogen-bond donors (Lipinski definition) is 0. The van der Waals surface area contributed by atoms with Gasteiger partial charge < -0.3 is 18.9 Å². The zero-order valence-electron chi connectivity index (χ0n) is 16.4. The first kappa shape index (κ1) is 19.1. The predicted molar refractivity (Wildman–Crippen MR) is 107 cm³/mol. The van der Waals surface area contributed by atoms with Crippen molar-refractivity contribution >= 4 is 12.0 Å². The molecule has 0 radical (unpaired) electrons. The minimum Gasteiger partial charge on any atom is -0.497 e. The highest BCUT2D eigenvalue weighted by Gasteiger charge is 2.26. The van der Waals surface area contributed by atoms with Gasteiger partial charge in [-0.2, -0.15) is 0 Å². The first-order valence-electron chi connectivity index (χ1n) is 9.45. The van der Waals surface area contributed by atoms with Crippen LogP contribution in [0.1, 0.15) is 43.0 Å². The summed E-state index contributed by atoms with van der Waals surface area (Å²) < 4.78 is 12.7. The Morgan fingerprint density at radius 1 is 1.11 bits per heavy atom. The van der Waals surface area contributed by atoms with Crippen molar-refractivity contribution in [1.82, 2.24) is 9.47 Å². The van der Waals surface area contributed by atoms with Gasteiger partial charge in [0.25, 0.3) is 0 Å². The van der Waals surface area contributed by atoms with Crippen molar-refractivity contribution in [3.8, 4) is 11.5 Å². The summed E-state index contributed by atoms with van der Waals surface area (Å²) in [5.74, 6) is 1.46. The molecule has 0 bridgehead atoms. The molecule has 0 saturated carbocycles. The molecule has 1 aromatic heterocycles. The largest absolute Gasteiger partial charge is 0.497 e. The minimum absolute atomic E-state index is 0.0462. The number of hydrogen-bond acceptors (Lipinski definition) is 3. The molecule has 0 aliphatic carbocycles. The predicted octanol–water partition coefficient (Wildman–Crippen LogP) is 4.20. The molecule has 1 aliphatic heterocycles. The van der Waals surface area contributed by atoms with Gasteiger partial charge in [0.2, 0.25) is 5.91 Å². The number of carbonyl (C=O) groups is 1. The lowest BCUT2D eigenvalue weighted by Gasteiger charge is -2.29. The van der Waals surface area contributed by atoms with Crippen molar-refractivity contribution in [3.63, 3.8) is 0 Å². The molecule has 5 nitrogen and oxygen atoms in total. The number of carbonyl (C=O) groups excluding carboxylic acids is 1. The number of amides is 1. The van der Waals surface area contributed by atoms with Crippen LogP contribution in [-0.4, -0.2) is 36.1 Å². The SMILES string of the molecule is COc1cc(/C=C/C(=O)N2CCCCCC2c2cccn2C)cc(OC)c1. The van der Waals surface area contributed by atoms with Crippen molar-refractivity contribution in [2.75, 3.05) is 20.8 Å². The Morgan fingerprint density at radius 2 is 1.85 bits per heavy atom. The fraction of sp³-hybridized carbons (Fsp3) is 0.409. The number of methoxy groups -OCH3 is 2. The lowest BCUT2D eigenvalue weighted by molar-refractivity contribution is -0.128. The molecular weight excluding hydrogens is 340 g/mol. The molecule has 1 fully saturated rings. The molecule has 1 unspecified atom stereocenters. The van der Waals surface area contributed by atoms with Gasteiger partial charge in [-0.25, -0.2) is 0 Å². The number of likely N-dealkylation sites (tertiary alicyclic amines) is 1. The fourth-order valence-electron chi connectivity index (χ4n) is 3.69. The molecule has 2 heterocycles. The third kappa shape index (κ3) is 4.54. The van der Waals surface area contributed by atoms with E-state index < -0.39 is 0 Å². The van der Waals surface area contributed by atoms with E-state index in [0.717, 1.165) is 31.4 Å². The van der Waals surface area contributed by atoms with Crippen molar-refractivity contribution in [3.05, 3.63) is 53.9 Å². The smallest absolute Gasteiger partial charge is 0.247 e. The molecule has 144 valence electrons. The molecule has 2 aromatic rings. The van der Waals surface area contributed by atoms with Crippen molar-refractivity contribution in [1.29, 1.82) is 0 Å². The van der Waals surface area contributed by atoms with Crippen LogP contribution in [0.2, 0.25) is 0 Å². The lowest BCUT2D eigenvalue weighted by Crippen LogP contribution is -2.34. The van der Waals surface area contributed by atoms with E-state index >= 15 is 0 Å². The van der Waals surface area contributed by atoms with Gasteiger partial charge in [0.1, 0.15) is 11.5 Å². The van der Waals surface area contributed by atoms with E-state index in [1.165, 1.54) is 12.1 Å². The van der Waals surface area contributed by atoms with Gasteiger partial charge in [0.05, 0.1) is 20.3 Å². The van der Waals surface area contributed by atoms with Gasteiger partial charge in [-0.05, 0) is 48.7 Å². The average molecular weight is 368 g/mol. The van der Waals surface area contributed by atoms with Gasteiger partial charge in [-0.15, -0.1) is 0 Å². The van der Waals surface area contributed by atoms with Crippen LogP contribution in [0, 0.1) is 0 Å². The number of benzene rings is 1. The van der Waals surface area contributed by atoms with Crippen LogP contribution >= 0.6 is 0 Å². The Hall–Kier alpha value is -2.69. The van der Waals surface area contributed by atoms with Crippen LogP contribution in [0.4, 0.5) is 0 Å². The van der Waals surface area contributed by atoms with Gasteiger partial charge in [-0.3, -0.25) is 4.79 Å². The summed E-state index contributed by atoms with van der Waals surface area (Å²) in [6.45, 7) is 0.792. The highest BCUT2D eigenvalue weighted by atomic mass is 16.5. The Bertz CT molecular complexity index is 787. The van der Waals surface area contributed by atoms with E-state index in [1.54, 1.807) is 20.3 Å². The second-order valence-electron chi connectivity index (χ2n) is 6.92. The Kier molecular flexibility index (Phi) is 6.22. The van der Waals surface area contributed by atoms with E-state index in [4.69, 9.17) is 9.47 Å². The number of nitrogens with zero attached hydrogens (tertiary/aromatic N) is 2. The van der Waals surface area contributed by atoms with Crippen molar-refractivity contribution < 1.29 is 14.3 Å². The molecule has 0 spiro atoms.